The number of amides is 1. The van der Waals surface area contributed by atoms with Crippen LogP contribution < -0.4 is 10.1 Å². The highest BCUT2D eigenvalue weighted by molar-refractivity contribution is 5.81. The summed E-state index contributed by atoms with van der Waals surface area (Å²) < 4.78 is 19.3. The molecular formula is C20H22FNO2. The number of hydrogen-bond acceptors (Lipinski definition) is 2. The van der Waals surface area contributed by atoms with Crippen molar-refractivity contribution in [1.29, 1.82) is 0 Å². The summed E-state index contributed by atoms with van der Waals surface area (Å²) in [4.78, 5) is 12.6. The SMILES string of the molecule is CC[C@H](Oc1ccccc1F)C(=O)N[C@H]1CCCc2ccccc21. The van der Waals surface area contributed by atoms with Crippen molar-refractivity contribution in [2.24, 2.45) is 0 Å². The number of benzene rings is 2. The molecule has 0 spiro atoms. The molecular weight excluding hydrogens is 305 g/mol. The molecule has 3 rings (SSSR count). The van der Waals surface area contributed by atoms with E-state index in [-0.39, 0.29) is 17.7 Å². The van der Waals surface area contributed by atoms with Gasteiger partial charge in [-0.1, -0.05) is 43.3 Å². The molecule has 2 atom stereocenters. The Balaban J connectivity index is 1.71. The van der Waals surface area contributed by atoms with E-state index in [0.29, 0.717) is 6.42 Å². The lowest BCUT2D eigenvalue weighted by Crippen LogP contribution is -2.41. The highest BCUT2D eigenvalue weighted by Gasteiger charge is 2.26. The molecule has 0 aliphatic heterocycles. The van der Waals surface area contributed by atoms with Crippen molar-refractivity contribution >= 4 is 5.91 Å². The minimum Gasteiger partial charge on any atom is -0.478 e. The first kappa shape index (κ1) is 16.5. The summed E-state index contributed by atoms with van der Waals surface area (Å²) >= 11 is 0. The number of nitrogens with one attached hydrogen (secondary N) is 1. The van der Waals surface area contributed by atoms with Crippen LogP contribution in [-0.2, 0) is 11.2 Å². The lowest BCUT2D eigenvalue weighted by atomic mass is 9.87. The fraction of sp³-hybridized carbons (Fsp3) is 0.350. The Morgan fingerprint density at radius 1 is 1.25 bits per heavy atom. The zero-order chi connectivity index (χ0) is 16.9. The zero-order valence-corrected chi connectivity index (χ0v) is 13.8. The maximum absolute atomic E-state index is 13.7. The third kappa shape index (κ3) is 3.58. The number of halogens is 1. The Kier molecular flexibility index (Phi) is 5.14. The Hall–Kier alpha value is -2.36. The molecule has 1 amide bonds. The van der Waals surface area contributed by atoms with E-state index in [9.17, 15) is 9.18 Å². The Labute approximate surface area is 141 Å². The second-order valence-electron chi connectivity index (χ2n) is 6.10. The second-order valence-corrected chi connectivity index (χ2v) is 6.10. The van der Waals surface area contributed by atoms with Gasteiger partial charge in [-0.15, -0.1) is 0 Å². The summed E-state index contributed by atoms with van der Waals surface area (Å²) in [6.07, 6.45) is 2.79. The average Bonchev–Trinajstić information content (AvgIpc) is 2.61. The van der Waals surface area contributed by atoms with Crippen molar-refractivity contribution in [3.05, 3.63) is 65.5 Å². The van der Waals surface area contributed by atoms with Gasteiger partial charge in [-0.25, -0.2) is 4.39 Å². The van der Waals surface area contributed by atoms with Crippen molar-refractivity contribution < 1.29 is 13.9 Å². The molecule has 0 radical (unpaired) electrons. The zero-order valence-electron chi connectivity index (χ0n) is 13.8. The van der Waals surface area contributed by atoms with Gasteiger partial charge in [0.15, 0.2) is 17.7 Å². The highest BCUT2D eigenvalue weighted by atomic mass is 19.1. The minimum atomic E-state index is -0.698. The number of para-hydroxylation sites is 1. The Bertz CT molecular complexity index is 716. The van der Waals surface area contributed by atoms with Crippen LogP contribution in [-0.4, -0.2) is 12.0 Å². The smallest absolute Gasteiger partial charge is 0.261 e. The van der Waals surface area contributed by atoms with Crippen molar-refractivity contribution in [1.82, 2.24) is 5.32 Å². The van der Waals surface area contributed by atoms with E-state index in [1.807, 2.05) is 19.1 Å². The Morgan fingerprint density at radius 2 is 2.00 bits per heavy atom. The van der Waals surface area contributed by atoms with Crippen LogP contribution in [0.1, 0.15) is 43.4 Å². The molecule has 4 heteroatoms. The summed E-state index contributed by atoms with van der Waals surface area (Å²) in [6, 6.07) is 14.4. The van der Waals surface area contributed by atoms with E-state index < -0.39 is 11.9 Å². The molecule has 0 bridgehead atoms. The van der Waals surface area contributed by atoms with E-state index in [1.54, 1.807) is 18.2 Å². The topological polar surface area (TPSA) is 38.3 Å². The number of carbonyl (C=O) groups excluding carboxylic acids is 1. The summed E-state index contributed by atoms with van der Waals surface area (Å²) in [5.74, 6) is -0.530. The summed E-state index contributed by atoms with van der Waals surface area (Å²) in [6.45, 7) is 1.86. The normalized spacial score (nSPS) is 17.7. The summed E-state index contributed by atoms with van der Waals surface area (Å²) in [5.41, 5.74) is 2.47. The predicted molar refractivity (Wildman–Crippen MR) is 91.4 cm³/mol. The van der Waals surface area contributed by atoms with Gasteiger partial charge < -0.3 is 10.1 Å². The molecule has 2 aromatic rings. The molecule has 0 heterocycles. The van der Waals surface area contributed by atoms with Gasteiger partial charge in [-0.2, -0.15) is 0 Å². The summed E-state index contributed by atoms with van der Waals surface area (Å²) in [5, 5.41) is 3.08. The van der Waals surface area contributed by atoms with Crippen LogP contribution in [0, 0.1) is 5.82 Å². The largest absolute Gasteiger partial charge is 0.478 e. The number of ether oxygens (including phenoxy) is 1. The van der Waals surface area contributed by atoms with Crippen LogP contribution in [0.5, 0.6) is 5.75 Å². The van der Waals surface area contributed by atoms with Crippen molar-refractivity contribution in [2.45, 2.75) is 44.8 Å². The fourth-order valence-corrected chi connectivity index (χ4v) is 3.18. The number of carbonyl (C=O) groups is 1. The lowest BCUT2D eigenvalue weighted by Gasteiger charge is -2.28. The van der Waals surface area contributed by atoms with E-state index in [2.05, 4.69) is 17.4 Å². The Morgan fingerprint density at radius 3 is 2.79 bits per heavy atom. The van der Waals surface area contributed by atoms with E-state index >= 15 is 0 Å². The van der Waals surface area contributed by atoms with Gasteiger partial charge >= 0.3 is 0 Å². The quantitative estimate of drug-likeness (QED) is 0.895. The van der Waals surface area contributed by atoms with Gasteiger partial charge in [0, 0.05) is 0 Å². The van der Waals surface area contributed by atoms with Crippen molar-refractivity contribution in [3.63, 3.8) is 0 Å². The molecule has 1 N–H and O–H groups in total. The van der Waals surface area contributed by atoms with E-state index in [1.165, 1.54) is 17.2 Å². The van der Waals surface area contributed by atoms with Crippen LogP contribution in [0.3, 0.4) is 0 Å². The van der Waals surface area contributed by atoms with Gasteiger partial charge in [0.2, 0.25) is 0 Å². The molecule has 0 aromatic heterocycles. The molecule has 24 heavy (non-hydrogen) atoms. The van der Waals surface area contributed by atoms with Gasteiger partial charge in [0.1, 0.15) is 0 Å². The number of hydrogen-bond donors (Lipinski definition) is 1. The van der Waals surface area contributed by atoms with Crippen molar-refractivity contribution in [2.75, 3.05) is 0 Å². The molecule has 1 aliphatic rings. The molecule has 0 fully saturated rings. The van der Waals surface area contributed by atoms with Crippen LogP contribution in [0.4, 0.5) is 4.39 Å². The predicted octanol–water partition coefficient (Wildman–Crippen LogP) is 4.18. The van der Waals surface area contributed by atoms with E-state index in [0.717, 1.165) is 19.3 Å². The van der Waals surface area contributed by atoms with Crippen LogP contribution in [0.25, 0.3) is 0 Å². The van der Waals surface area contributed by atoms with Crippen molar-refractivity contribution in [3.8, 4) is 5.75 Å². The van der Waals surface area contributed by atoms with Gasteiger partial charge in [-0.3, -0.25) is 4.79 Å². The third-order valence-electron chi connectivity index (χ3n) is 4.46. The number of rotatable bonds is 5. The monoisotopic (exact) mass is 327 g/mol. The lowest BCUT2D eigenvalue weighted by molar-refractivity contribution is -0.129. The first-order valence-corrected chi connectivity index (χ1v) is 8.48. The standard InChI is InChI=1S/C20H22FNO2/c1-2-18(24-19-13-6-5-11-16(19)21)20(23)22-17-12-7-9-14-8-3-4-10-15(14)17/h3-6,8,10-11,13,17-18H,2,7,9,12H2,1H3,(H,22,23)/t17-,18-/m0/s1. The van der Waals surface area contributed by atoms with Gasteiger partial charge in [0.25, 0.3) is 5.91 Å². The summed E-state index contributed by atoms with van der Waals surface area (Å²) in [7, 11) is 0. The molecule has 126 valence electrons. The molecule has 1 aliphatic carbocycles. The van der Waals surface area contributed by atoms with Gasteiger partial charge in [-0.05, 0) is 48.9 Å². The molecule has 2 aromatic carbocycles. The fourth-order valence-electron chi connectivity index (χ4n) is 3.18. The number of aryl methyl sites for hydroxylation is 1. The third-order valence-corrected chi connectivity index (χ3v) is 4.46. The molecule has 0 unspecified atom stereocenters. The van der Waals surface area contributed by atoms with E-state index in [4.69, 9.17) is 4.74 Å². The maximum atomic E-state index is 13.7. The van der Waals surface area contributed by atoms with Crippen LogP contribution in [0.15, 0.2) is 48.5 Å². The van der Waals surface area contributed by atoms with Gasteiger partial charge in [0.05, 0.1) is 6.04 Å². The average molecular weight is 327 g/mol. The van der Waals surface area contributed by atoms with Crippen LogP contribution in [0.2, 0.25) is 0 Å². The van der Waals surface area contributed by atoms with Crippen LogP contribution >= 0.6 is 0 Å². The molecule has 0 saturated heterocycles. The second kappa shape index (κ2) is 7.47. The maximum Gasteiger partial charge on any atom is 0.261 e. The first-order valence-electron chi connectivity index (χ1n) is 8.48. The minimum absolute atomic E-state index is 0.000667. The number of fused-ring (bicyclic) bond motifs is 1. The highest BCUT2D eigenvalue weighted by Crippen LogP contribution is 2.29. The first-order chi connectivity index (χ1) is 11.7. The molecule has 0 saturated carbocycles. The molecule has 3 nitrogen and oxygen atoms in total.